The van der Waals surface area contributed by atoms with Gasteiger partial charge in [-0.3, -0.25) is 0 Å². The average Bonchev–Trinajstić information content (AvgIpc) is 1.97. The first-order valence-corrected chi connectivity index (χ1v) is 4.15. The van der Waals surface area contributed by atoms with Crippen LogP contribution >= 0.6 is 0 Å². The van der Waals surface area contributed by atoms with Crippen molar-refractivity contribution in [3.05, 3.63) is 6.92 Å². The summed E-state index contributed by atoms with van der Waals surface area (Å²) >= 11 is 0. The zero-order valence-electron chi connectivity index (χ0n) is 7.00. The van der Waals surface area contributed by atoms with Gasteiger partial charge in [0.15, 0.2) is 0 Å². The number of hydrogen-bond donors (Lipinski definition) is 0. The normalized spacial score (nSPS) is 28.4. The minimum Gasteiger partial charge on any atom is -0.207 e. The zero-order chi connectivity index (χ0) is 8.54. The molecule has 0 aromatic heterocycles. The number of alkyl halides is 2. The molecule has 1 aliphatic carbocycles. The van der Waals surface area contributed by atoms with E-state index in [9.17, 15) is 8.78 Å². The molecule has 0 atom stereocenters. The topological polar surface area (TPSA) is 0 Å². The lowest BCUT2D eigenvalue weighted by Gasteiger charge is -2.36. The Morgan fingerprint density at radius 2 is 1.64 bits per heavy atom. The Bertz CT molecular complexity index is 130. The summed E-state index contributed by atoms with van der Waals surface area (Å²) in [5, 5.41) is 0. The van der Waals surface area contributed by atoms with Crippen LogP contribution in [0.15, 0.2) is 0 Å². The summed E-state index contributed by atoms with van der Waals surface area (Å²) < 4.78 is 25.3. The van der Waals surface area contributed by atoms with Crippen LogP contribution in [0.3, 0.4) is 0 Å². The first kappa shape index (κ1) is 8.95. The fourth-order valence-electron chi connectivity index (χ4n) is 1.47. The van der Waals surface area contributed by atoms with Gasteiger partial charge in [0.2, 0.25) is 5.92 Å². The van der Waals surface area contributed by atoms with Gasteiger partial charge in [-0.1, -0.05) is 13.8 Å². The molecule has 0 spiro atoms. The van der Waals surface area contributed by atoms with Gasteiger partial charge in [-0.05, 0) is 24.7 Å². The van der Waals surface area contributed by atoms with Crippen molar-refractivity contribution in [3.63, 3.8) is 0 Å². The minimum absolute atomic E-state index is 0.0546. The van der Waals surface area contributed by atoms with Gasteiger partial charge in [-0.25, -0.2) is 8.78 Å². The molecule has 11 heavy (non-hydrogen) atoms. The fourth-order valence-corrected chi connectivity index (χ4v) is 1.47. The van der Waals surface area contributed by atoms with E-state index in [2.05, 4.69) is 13.8 Å². The van der Waals surface area contributed by atoms with Crippen molar-refractivity contribution in [1.29, 1.82) is 0 Å². The molecular weight excluding hydrogens is 146 g/mol. The second-order valence-electron chi connectivity index (χ2n) is 3.92. The Morgan fingerprint density at radius 1 is 1.18 bits per heavy atom. The number of hydrogen-bond acceptors (Lipinski definition) is 0. The molecule has 0 nitrogen and oxygen atoms in total. The largest absolute Gasteiger partial charge is 0.248 e. The van der Waals surface area contributed by atoms with Crippen molar-refractivity contribution in [2.45, 2.75) is 45.0 Å². The summed E-state index contributed by atoms with van der Waals surface area (Å²) in [6.07, 6.45) is 2.15. The van der Waals surface area contributed by atoms with E-state index in [1.165, 1.54) is 0 Å². The van der Waals surface area contributed by atoms with Crippen LogP contribution in [0, 0.1) is 12.3 Å². The molecule has 0 amide bonds. The highest BCUT2D eigenvalue weighted by Crippen LogP contribution is 2.44. The summed E-state index contributed by atoms with van der Waals surface area (Å²) in [4.78, 5) is 0. The van der Waals surface area contributed by atoms with E-state index in [1.807, 2.05) is 0 Å². The maximum atomic E-state index is 12.7. The second-order valence-corrected chi connectivity index (χ2v) is 3.92. The third kappa shape index (κ3) is 2.14. The summed E-state index contributed by atoms with van der Waals surface area (Å²) in [5.74, 6) is -2.39. The van der Waals surface area contributed by atoms with Crippen LogP contribution in [0.25, 0.3) is 0 Å². The van der Waals surface area contributed by atoms with Crippen LogP contribution in [0.4, 0.5) is 8.78 Å². The second kappa shape index (κ2) is 2.72. The van der Waals surface area contributed by atoms with Gasteiger partial charge >= 0.3 is 0 Å². The third-order valence-electron chi connectivity index (χ3n) is 2.79. The Kier molecular flexibility index (Phi) is 2.22. The molecule has 0 bridgehead atoms. The lowest BCUT2D eigenvalue weighted by molar-refractivity contribution is -0.0629. The molecule has 2 heteroatoms. The van der Waals surface area contributed by atoms with Gasteiger partial charge in [0, 0.05) is 12.8 Å². The van der Waals surface area contributed by atoms with E-state index in [4.69, 9.17) is 0 Å². The van der Waals surface area contributed by atoms with E-state index in [0.717, 1.165) is 6.42 Å². The Balaban J connectivity index is 2.48. The molecule has 0 heterocycles. The first-order chi connectivity index (χ1) is 4.97. The van der Waals surface area contributed by atoms with E-state index in [-0.39, 0.29) is 18.3 Å². The SMILES string of the molecule is [CH2]CC1(C)CCC(F)(F)CC1. The van der Waals surface area contributed by atoms with E-state index >= 15 is 0 Å². The molecule has 0 aliphatic heterocycles. The summed E-state index contributed by atoms with van der Waals surface area (Å²) in [7, 11) is 0. The molecule has 1 fully saturated rings. The maximum absolute atomic E-state index is 12.7. The van der Waals surface area contributed by atoms with Crippen molar-refractivity contribution in [1.82, 2.24) is 0 Å². The van der Waals surface area contributed by atoms with Crippen LogP contribution in [0.1, 0.15) is 39.0 Å². The quantitative estimate of drug-likeness (QED) is 0.552. The van der Waals surface area contributed by atoms with Crippen molar-refractivity contribution in [2.24, 2.45) is 5.41 Å². The van der Waals surface area contributed by atoms with Gasteiger partial charge in [0.05, 0.1) is 0 Å². The molecule has 65 valence electrons. The Hall–Kier alpha value is -0.140. The molecule has 1 aliphatic rings. The van der Waals surface area contributed by atoms with E-state index in [1.54, 1.807) is 0 Å². The van der Waals surface area contributed by atoms with Crippen molar-refractivity contribution < 1.29 is 8.78 Å². The minimum atomic E-state index is -2.39. The molecule has 1 rings (SSSR count). The summed E-state index contributed by atoms with van der Waals surface area (Å²) in [5.41, 5.74) is 0.0850. The third-order valence-corrected chi connectivity index (χ3v) is 2.79. The fraction of sp³-hybridized carbons (Fsp3) is 0.889. The predicted octanol–water partition coefficient (Wildman–Crippen LogP) is 3.43. The molecule has 0 N–H and O–H groups in total. The van der Waals surface area contributed by atoms with Gasteiger partial charge in [-0.15, -0.1) is 0 Å². The van der Waals surface area contributed by atoms with E-state index < -0.39 is 5.92 Å². The Morgan fingerprint density at radius 3 is 2.00 bits per heavy atom. The first-order valence-electron chi connectivity index (χ1n) is 4.15. The molecule has 0 saturated heterocycles. The molecular formula is C9H15F2. The maximum Gasteiger partial charge on any atom is 0.248 e. The highest BCUT2D eigenvalue weighted by atomic mass is 19.3. The van der Waals surface area contributed by atoms with Crippen LogP contribution < -0.4 is 0 Å². The molecule has 1 radical (unpaired) electrons. The summed E-state index contributed by atoms with van der Waals surface area (Å²) in [6.45, 7) is 5.83. The monoisotopic (exact) mass is 161 g/mol. The van der Waals surface area contributed by atoms with Crippen LogP contribution in [0.2, 0.25) is 0 Å². The standard InChI is InChI=1S/C9H15F2/c1-3-8(2)4-6-9(10,11)7-5-8/h1,3-7H2,2H3. The lowest BCUT2D eigenvalue weighted by Crippen LogP contribution is -2.30. The molecule has 0 aromatic rings. The smallest absolute Gasteiger partial charge is 0.207 e. The molecule has 0 unspecified atom stereocenters. The molecule has 1 saturated carbocycles. The molecule has 0 aromatic carbocycles. The van der Waals surface area contributed by atoms with Crippen molar-refractivity contribution in [2.75, 3.05) is 0 Å². The van der Waals surface area contributed by atoms with Gasteiger partial charge < -0.3 is 0 Å². The van der Waals surface area contributed by atoms with E-state index in [0.29, 0.717) is 12.8 Å². The number of rotatable bonds is 1. The van der Waals surface area contributed by atoms with Gasteiger partial charge in [0.25, 0.3) is 0 Å². The van der Waals surface area contributed by atoms with Gasteiger partial charge in [-0.2, -0.15) is 0 Å². The Labute approximate surface area is 67.0 Å². The van der Waals surface area contributed by atoms with Crippen molar-refractivity contribution in [3.8, 4) is 0 Å². The highest BCUT2D eigenvalue weighted by molar-refractivity contribution is 4.85. The predicted molar refractivity (Wildman–Crippen MR) is 41.5 cm³/mol. The van der Waals surface area contributed by atoms with Crippen molar-refractivity contribution >= 4 is 0 Å². The lowest BCUT2D eigenvalue weighted by atomic mass is 9.73. The van der Waals surface area contributed by atoms with Gasteiger partial charge in [0.1, 0.15) is 0 Å². The highest BCUT2D eigenvalue weighted by Gasteiger charge is 2.39. The zero-order valence-corrected chi connectivity index (χ0v) is 7.00. The van der Waals surface area contributed by atoms with Crippen LogP contribution in [-0.2, 0) is 0 Å². The summed E-state index contributed by atoms with van der Waals surface area (Å²) in [6, 6.07) is 0. The van der Waals surface area contributed by atoms with Crippen LogP contribution in [-0.4, -0.2) is 5.92 Å². The van der Waals surface area contributed by atoms with Crippen LogP contribution in [0.5, 0.6) is 0 Å². The average molecular weight is 161 g/mol. The number of halogens is 2.